The third-order valence-electron chi connectivity index (χ3n) is 13.1. The fourth-order valence-electron chi connectivity index (χ4n) is 9.93. The van der Waals surface area contributed by atoms with Gasteiger partial charge in [0.05, 0.1) is 16.1 Å². The Bertz CT molecular complexity index is 3180. The lowest BCUT2D eigenvalue weighted by Crippen LogP contribution is -2.61. The molecule has 8 aromatic carbocycles. The van der Waals surface area contributed by atoms with Crippen LogP contribution in [0.15, 0.2) is 170 Å². The summed E-state index contributed by atoms with van der Waals surface area (Å²) >= 11 is 1.92. The molecular weight excluding hydrogens is 756 g/mol. The Balaban J connectivity index is 1.31. The van der Waals surface area contributed by atoms with E-state index < -0.39 is 0 Å². The third kappa shape index (κ3) is 5.98. The summed E-state index contributed by atoms with van der Waals surface area (Å²) in [6.07, 6.45) is 0. The Labute approximate surface area is 364 Å². The van der Waals surface area contributed by atoms with Gasteiger partial charge in [0.25, 0.3) is 0 Å². The molecule has 61 heavy (non-hydrogen) atoms. The van der Waals surface area contributed by atoms with Gasteiger partial charge in [-0.1, -0.05) is 163 Å². The van der Waals surface area contributed by atoms with Crippen LogP contribution in [-0.2, 0) is 10.8 Å². The fourth-order valence-corrected chi connectivity index (χ4v) is 11.2. The van der Waals surface area contributed by atoms with Crippen molar-refractivity contribution < 1.29 is 0 Å². The van der Waals surface area contributed by atoms with Gasteiger partial charge >= 0.3 is 6.85 Å². The Morgan fingerprint density at radius 1 is 0.475 bits per heavy atom. The van der Waals surface area contributed by atoms with Crippen molar-refractivity contribution >= 4 is 77.7 Å². The SMILES string of the molecule is Cc1ccccc1-c1cc2c3c(c1)N(c1ccc(C(C)(C)C)cc1-c1ccccc1)c1c(ccc4c1sc1ccccc14)B3N(c1ccc(C(C)(C)C)cc1)c1ccccc1-2. The molecule has 3 heterocycles. The van der Waals surface area contributed by atoms with Crippen molar-refractivity contribution in [3.05, 3.63) is 187 Å². The zero-order valence-electron chi connectivity index (χ0n) is 36.0. The Hall–Kier alpha value is -6.36. The number of para-hydroxylation sites is 1. The number of rotatable bonds is 4. The fraction of sp³-hybridized carbons (Fsp3) is 0.158. The molecule has 0 saturated heterocycles. The monoisotopic (exact) mass is 804 g/mol. The van der Waals surface area contributed by atoms with Crippen LogP contribution < -0.4 is 20.6 Å². The second kappa shape index (κ2) is 13.8. The van der Waals surface area contributed by atoms with Gasteiger partial charge in [-0.2, -0.15) is 0 Å². The molecule has 11 rings (SSSR count). The van der Waals surface area contributed by atoms with Gasteiger partial charge in [0.1, 0.15) is 0 Å². The highest BCUT2D eigenvalue weighted by Gasteiger charge is 2.46. The first-order valence-electron chi connectivity index (χ1n) is 21.6. The topological polar surface area (TPSA) is 6.48 Å². The molecule has 2 aliphatic rings. The average Bonchev–Trinajstić information content (AvgIpc) is 3.65. The van der Waals surface area contributed by atoms with Crippen molar-refractivity contribution in [3.8, 4) is 33.4 Å². The van der Waals surface area contributed by atoms with E-state index in [1.807, 2.05) is 11.3 Å². The Morgan fingerprint density at radius 2 is 1.15 bits per heavy atom. The molecule has 2 aliphatic heterocycles. The van der Waals surface area contributed by atoms with E-state index >= 15 is 0 Å². The second-order valence-electron chi connectivity index (χ2n) is 19.0. The predicted octanol–water partition coefficient (Wildman–Crippen LogP) is 15.0. The Kier molecular flexibility index (Phi) is 8.54. The highest BCUT2D eigenvalue weighted by molar-refractivity contribution is 7.26. The van der Waals surface area contributed by atoms with Crippen molar-refractivity contribution in [1.29, 1.82) is 0 Å². The average molecular weight is 805 g/mol. The van der Waals surface area contributed by atoms with Gasteiger partial charge in [-0.25, -0.2) is 0 Å². The van der Waals surface area contributed by atoms with Crippen molar-refractivity contribution in [3.63, 3.8) is 0 Å². The number of hydrogen-bond donors (Lipinski definition) is 0. The van der Waals surface area contributed by atoms with E-state index in [1.54, 1.807) is 0 Å². The summed E-state index contributed by atoms with van der Waals surface area (Å²) in [5.41, 5.74) is 20.2. The third-order valence-corrected chi connectivity index (χ3v) is 14.3. The van der Waals surface area contributed by atoms with Crippen molar-refractivity contribution in [1.82, 2.24) is 0 Å². The first kappa shape index (κ1) is 37.6. The molecule has 0 amide bonds. The van der Waals surface area contributed by atoms with E-state index in [0.29, 0.717) is 0 Å². The number of aryl methyl sites for hydroxylation is 1. The van der Waals surface area contributed by atoms with Gasteiger partial charge in [-0.3, -0.25) is 0 Å². The second-order valence-corrected chi connectivity index (χ2v) is 20.1. The summed E-state index contributed by atoms with van der Waals surface area (Å²) in [5, 5.41) is 2.60. The first-order valence-corrected chi connectivity index (χ1v) is 22.4. The van der Waals surface area contributed by atoms with Gasteiger partial charge in [0.2, 0.25) is 0 Å². The minimum absolute atomic E-state index is 0.0254. The molecule has 0 radical (unpaired) electrons. The zero-order chi connectivity index (χ0) is 41.8. The van der Waals surface area contributed by atoms with Crippen LogP contribution >= 0.6 is 11.3 Å². The molecule has 0 atom stereocenters. The molecule has 0 aliphatic carbocycles. The molecule has 0 spiro atoms. The van der Waals surface area contributed by atoms with Crippen molar-refractivity contribution in [2.75, 3.05) is 9.71 Å². The highest BCUT2D eigenvalue weighted by atomic mass is 32.1. The molecule has 0 unspecified atom stereocenters. The van der Waals surface area contributed by atoms with E-state index in [0.717, 1.165) is 0 Å². The molecule has 2 nitrogen and oxygen atoms in total. The highest BCUT2D eigenvalue weighted by Crippen LogP contribution is 2.53. The molecule has 0 saturated carbocycles. The summed E-state index contributed by atoms with van der Waals surface area (Å²) in [5.74, 6) is 0. The number of hydrogen-bond acceptors (Lipinski definition) is 3. The van der Waals surface area contributed by atoms with Gasteiger partial charge in [0.15, 0.2) is 0 Å². The van der Waals surface area contributed by atoms with Crippen LogP contribution in [0.3, 0.4) is 0 Å². The summed E-state index contributed by atoms with van der Waals surface area (Å²) in [6.45, 7) is 16.0. The molecule has 1 aromatic heterocycles. The lowest BCUT2D eigenvalue weighted by atomic mass is 9.43. The lowest BCUT2D eigenvalue weighted by Gasteiger charge is -2.46. The predicted molar refractivity (Wildman–Crippen MR) is 266 cm³/mol. The van der Waals surface area contributed by atoms with E-state index in [-0.39, 0.29) is 17.7 Å². The van der Waals surface area contributed by atoms with Gasteiger partial charge in [-0.05, 0) is 116 Å². The molecule has 0 N–H and O–H groups in total. The molecule has 4 heteroatoms. The number of anilines is 5. The Morgan fingerprint density at radius 3 is 1.90 bits per heavy atom. The molecule has 9 aromatic rings. The summed E-state index contributed by atoms with van der Waals surface area (Å²) in [7, 11) is 0. The van der Waals surface area contributed by atoms with Crippen LogP contribution in [0.1, 0.15) is 58.2 Å². The summed E-state index contributed by atoms with van der Waals surface area (Å²) in [4.78, 5) is 5.30. The van der Waals surface area contributed by atoms with Gasteiger partial charge < -0.3 is 9.71 Å². The summed E-state index contributed by atoms with van der Waals surface area (Å²) in [6, 6.07) is 64.4. The minimum Gasteiger partial charge on any atom is -0.376 e. The van der Waals surface area contributed by atoms with Gasteiger partial charge in [-0.15, -0.1) is 11.3 Å². The van der Waals surface area contributed by atoms with Crippen molar-refractivity contribution in [2.24, 2.45) is 0 Å². The van der Waals surface area contributed by atoms with E-state index in [4.69, 9.17) is 0 Å². The van der Waals surface area contributed by atoms with Crippen LogP contribution in [0.4, 0.5) is 28.4 Å². The minimum atomic E-state index is -0.0822. The smallest absolute Gasteiger partial charge is 0.333 e. The standard InChI is InChI=1S/C57H49BN2S/c1-36-17-11-12-20-42(36)38-33-47-43-21-13-15-23-50(43)60(41-28-25-39(26-29-41)56(2,3)4)58-48-31-30-45-44-22-14-16-24-52(44)61-55(45)54(48)59(51(34-38)53(47)58)49-32-27-40(57(5,6)7)35-46(49)37-18-9-8-10-19-37/h8-35H,1-7H3. The normalized spacial score (nSPS) is 13.4. The van der Waals surface area contributed by atoms with Crippen LogP contribution in [0.2, 0.25) is 0 Å². The summed E-state index contributed by atoms with van der Waals surface area (Å²) < 4.78 is 2.62. The van der Waals surface area contributed by atoms with Crippen LogP contribution in [-0.4, -0.2) is 6.85 Å². The molecule has 296 valence electrons. The maximum Gasteiger partial charge on any atom is 0.333 e. The van der Waals surface area contributed by atoms with E-state index in [9.17, 15) is 0 Å². The van der Waals surface area contributed by atoms with Crippen LogP contribution in [0, 0.1) is 6.92 Å². The number of benzene rings is 8. The van der Waals surface area contributed by atoms with E-state index in [1.165, 1.54) is 110 Å². The lowest BCUT2D eigenvalue weighted by molar-refractivity contribution is 0.590. The largest absolute Gasteiger partial charge is 0.376 e. The van der Waals surface area contributed by atoms with Crippen LogP contribution in [0.25, 0.3) is 53.6 Å². The number of thiophene rings is 1. The quantitative estimate of drug-likeness (QED) is 0.164. The van der Waals surface area contributed by atoms with Crippen molar-refractivity contribution in [2.45, 2.75) is 59.3 Å². The van der Waals surface area contributed by atoms with Crippen LogP contribution in [0.5, 0.6) is 0 Å². The number of nitrogens with zero attached hydrogens (tertiary/aromatic N) is 2. The van der Waals surface area contributed by atoms with Gasteiger partial charge in [0, 0.05) is 43.7 Å². The zero-order valence-corrected chi connectivity index (χ0v) is 36.9. The van der Waals surface area contributed by atoms with E-state index in [2.05, 4.69) is 228 Å². The molecule has 0 bridgehead atoms. The first-order chi connectivity index (χ1) is 29.5. The maximum atomic E-state index is 2.66. The molecular formula is C57H49BN2S. The maximum absolute atomic E-state index is 2.66. The number of fused-ring (bicyclic) bond motifs is 8. The molecule has 0 fully saturated rings.